The second-order valence-electron chi connectivity index (χ2n) is 5.89. The second kappa shape index (κ2) is 7.91. The lowest BCUT2D eigenvalue weighted by Gasteiger charge is -2.26. The molecule has 0 saturated carbocycles. The molecule has 1 heterocycles. The molecule has 0 radical (unpaired) electrons. The molecule has 0 N–H and O–H groups in total. The van der Waals surface area contributed by atoms with Crippen molar-refractivity contribution in [1.29, 1.82) is 0 Å². The van der Waals surface area contributed by atoms with Crippen LogP contribution < -0.4 is 0 Å². The van der Waals surface area contributed by atoms with E-state index in [4.69, 9.17) is 4.74 Å². The van der Waals surface area contributed by atoms with Crippen LogP contribution in [0.25, 0.3) is 5.57 Å². The molecule has 0 saturated heterocycles. The number of hydrogen-bond acceptors (Lipinski definition) is 3. The minimum Gasteiger partial charge on any atom is -0.452 e. The van der Waals surface area contributed by atoms with Crippen LogP contribution in [-0.4, -0.2) is 36.5 Å². The first-order valence-electron chi connectivity index (χ1n) is 8.19. The Kier molecular flexibility index (Phi) is 5.41. The highest BCUT2D eigenvalue weighted by molar-refractivity contribution is 5.91. The average molecular weight is 357 g/mol. The van der Waals surface area contributed by atoms with Crippen molar-refractivity contribution in [1.82, 2.24) is 4.90 Å². The van der Waals surface area contributed by atoms with E-state index in [0.29, 0.717) is 25.6 Å². The normalized spacial score (nSPS) is 13.9. The Morgan fingerprint density at radius 1 is 1.08 bits per heavy atom. The van der Waals surface area contributed by atoms with E-state index >= 15 is 0 Å². The number of nitrogens with zero attached hydrogens (tertiary/aromatic N) is 1. The maximum atomic E-state index is 13.5. The van der Waals surface area contributed by atoms with Gasteiger partial charge in [-0.2, -0.15) is 0 Å². The third-order valence-corrected chi connectivity index (χ3v) is 4.18. The van der Waals surface area contributed by atoms with Crippen molar-refractivity contribution in [3.05, 3.63) is 77.4 Å². The topological polar surface area (TPSA) is 46.6 Å². The third kappa shape index (κ3) is 4.14. The van der Waals surface area contributed by atoms with Crippen LogP contribution in [0, 0.1) is 11.6 Å². The summed E-state index contributed by atoms with van der Waals surface area (Å²) in [4.78, 5) is 25.6. The van der Waals surface area contributed by atoms with E-state index in [0.717, 1.165) is 17.7 Å². The largest absolute Gasteiger partial charge is 0.452 e. The SMILES string of the molecule is O=C(OCC(=O)N1CC=C(c2ccccc2)CC1)c1ccc(F)cc1F. The van der Waals surface area contributed by atoms with Gasteiger partial charge in [0, 0.05) is 19.2 Å². The zero-order valence-corrected chi connectivity index (χ0v) is 14.0. The highest BCUT2D eigenvalue weighted by atomic mass is 19.1. The molecule has 1 aliphatic heterocycles. The lowest BCUT2D eigenvalue weighted by atomic mass is 10.00. The molecule has 0 unspecified atom stereocenters. The fourth-order valence-electron chi connectivity index (χ4n) is 2.76. The number of ether oxygens (including phenoxy) is 1. The van der Waals surface area contributed by atoms with Gasteiger partial charge in [0.2, 0.25) is 0 Å². The number of benzene rings is 2. The van der Waals surface area contributed by atoms with Crippen LogP contribution in [0.3, 0.4) is 0 Å². The molecular weight excluding hydrogens is 340 g/mol. The van der Waals surface area contributed by atoms with Crippen LogP contribution in [0.15, 0.2) is 54.6 Å². The number of carbonyl (C=O) groups excluding carboxylic acids is 2. The van der Waals surface area contributed by atoms with Crippen LogP contribution in [0.4, 0.5) is 8.78 Å². The molecule has 0 atom stereocenters. The molecule has 4 nitrogen and oxygen atoms in total. The van der Waals surface area contributed by atoms with Gasteiger partial charge >= 0.3 is 5.97 Å². The summed E-state index contributed by atoms with van der Waals surface area (Å²) >= 11 is 0. The monoisotopic (exact) mass is 357 g/mol. The molecule has 1 amide bonds. The van der Waals surface area contributed by atoms with Crippen molar-refractivity contribution in [3.8, 4) is 0 Å². The van der Waals surface area contributed by atoms with Gasteiger partial charge in [-0.25, -0.2) is 13.6 Å². The fourth-order valence-corrected chi connectivity index (χ4v) is 2.76. The third-order valence-electron chi connectivity index (χ3n) is 4.18. The van der Waals surface area contributed by atoms with Gasteiger partial charge < -0.3 is 9.64 Å². The van der Waals surface area contributed by atoms with E-state index in [2.05, 4.69) is 0 Å². The highest BCUT2D eigenvalue weighted by Gasteiger charge is 2.20. The molecule has 3 rings (SSSR count). The molecule has 0 spiro atoms. The fraction of sp³-hybridized carbons (Fsp3) is 0.200. The first-order valence-corrected chi connectivity index (χ1v) is 8.19. The van der Waals surface area contributed by atoms with Gasteiger partial charge in [0.05, 0.1) is 5.56 Å². The summed E-state index contributed by atoms with van der Waals surface area (Å²) < 4.78 is 31.3. The summed E-state index contributed by atoms with van der Waals surface area (Å²) in [6.07, 6.45) is 2.68. The van der Waals surface area contributed by atoms with Crippen molar-refractivity contribution >= 4 is 17.4 Å². The van der Waals surface area contributed by atoms with Gasteiger partial charge in [0.15, 0.2) is 6.61 Å². The predicted octanol–water partition coefficient (Wildman–Crippen LogP) is 3.44. The van der Waals surface area contributed by atoms with Crippen LogP contribution in [-0.2, 0) is 9.53 Å². The molecule has 2 aromatic carbocycles. The molecule has 1 aliphatic rings. The Balaban J connectivity index is 1.54. The van der Waals surface area contributed by atoms with Crippen molar-refractivity contribution < 1.29 is 23.1 Å². The Hall–Kier alpha value is -3.02. The quantitative estimate of drug-likeness (QED) is 0.788. The van der Waals surface area contributed by atoms with E-state index in [9.17, 15) is 18.4 Å². The maximum Gasteiger partial charge on any atom is 0.341 e. The van der Waals surface area contributed by atoms with Crippen LogP contribution in [0.1, 0.15) is 22.3 Å². The smallest absolute Gasteiger partial charge is 0.341 e. The van der Waals surface area contributed by atoms with Gasteiger partial charge in [-0.15, -0.1) is 0 Å². The molecule has 134 valence electrons. The standard InChI is InChI=1S/C20H17F2NO3/c21-16-6-7-17(18(22)12-16)20(25)26-13-19(24)23-10-8-15(9-11-23)14-4-2-1-3-5-14/h1-8,12H,9-11,13H2. The minimum absolute atomic E-state index is 0.357. The molecule has 0 aliphatic carbocycles. The zero-order chi connectivity index (χ0) is 18.5. The molecular formula is C20H17F2NO3. The summed E-state index contributed by atoms with van der Waals surface area (Å²) in [5.41, 5.74) is 1.89. The number of rotatable bonds is 4. The van der Waals surface area contributed by atoms with Gasteiger partial charge in [-0.3, -0.25) is 4.79 Å². The van der Waals surface area contributed by atoms with Crippen molar-refractivity contribution in [2.24, 2.45) is 0 Å². The van der Waals surface area contributed by atoms with Gasteiger partial charge in [0.1, 0.15) is 11.6 Å². The molecule has 6 heteroatoms. The van der Waals surface area contributed by atoms with Crippen molar-refractivity contribution in [2.75, 3.05) is 19.7 Å². The van der Waals surface area contributed by atoms with Gasteiger partial charge in [-0.05, 0) is 29.7 Å². The lowest BCUT2D eigenvalue weighted by Crippen LogP contribution is -2.37. The van der Waals surface area contributed by atoms with Crippen LogP contribution >= 0.6 is 0 Å². The maximum absolute atomic E-state index is 13.5. The molecule has 26 heavy (non-hydrogen) atoms. The summed E-state index contributed by atoms with van der Waals surface area (Å²) in [5, 5.41) is 0. The minimum atomic E-state index is -1.02. The number of carbonyl (C=O) groups is 2. The Morgan fingerprint density at radius 2 is 1.85 bits per heavy atom. The average Bonchev–Trinajstić information content (AvgIpc) is 2.66. The highest BCUT2D eigenvalue weighted by Crippen LogP contribution is 2.22. The van der Waals surface area contributed by atoms with E-state index < -0.39 is 29.8 Å². The Bertz CT molecular complexity index is 849. The predicted molar refractivity (Wildman–Crippen MR) is 92.3 cm³/mol. The Labute approximate surface area is 149 Å². The number of amides is 1. The molecule has 2 aromatic rings. The van der Waals surface area contributed by atoms with E-state index in [1.165, 1.54) is 5.57 Å². The van der Waals surface area contributed by atoms with Crippen molar-refractivity contribution in [2.45, 2.75) is 6.42 Å². The second-order valence-corrected chi connectivity index (χ2v) is 5.89. The van der Waals surface area contributed by atoms with E-state index in [1.807, 2.05) is 36.4 Å². The number of esters is 1. The van der Waals surface area contributed by atoms with Crippen LogP contribution in [0.2, 0.25) is 0 Å². The Morgan fingerprint density at radius 3 is 2.50 bits per heavy atom. The lowest BCUT2D eigenvalue weighted by molar-refractivity contribution is -0.134. The first kappa shape index (κ1) is 17.8. The molecule has 0 fully saturated rings. The van der Waals surface area contributed by atoms with E-state index in [-0.39, 0.29) is 5.91 Å². The number of halogens is 2. The van der Waals surface area contributed by atoms with Gasteiger partial charge in [-0.1, -0.05) is 36.4 Å². The van der Waals surface area contributed by atoms with E-state index in [1.54, 1.807) is 4.90 Å². The van der Waals surface area contributed by atoms with Crippen molar-refractivity contribution in [3.63, 3.8) is 0 Å². The summed E-state index contributed by atoms with van der Waals surface area (Å²) in [6, 6.07) is 12.4. The zero-order valence-electron chi connectivity index (χ0n) is 14.0. The summed E-state index contributed by atoms with van der Waals surface area (Å²) in [7, 11) is 0. The summed E-state index contributed by atoms with van der Waals surface area (Å²) in [6.45, 7) is 0.456. The van der Waals surface area contributed by atoms with Gasteiger partial charge in [0.25, 0.3) is 5.91 Å². The number of hydrogen-bond donors (Lipinski definition) is 0. The molecule has 0 aromatic heterocycles. The first-order chi connectivity index (χ1) is 12.5. The summed E-state index contributed by atoms with van der Waals surface area (Å²) in [5.74, 6) is -3.15. The van der Waals surface area contributed by atoms with Crippen LogP contribution in [0.5, 0.6) is 0 Å². The molecule has 0 bridgehead atoms.